The van der Waals surface area contributed by atoms with Crippen molar-refractivity contribution < 1.29 is 14.3 Å². The summed E-state index contributed by atoms with van der Waals surface area (Å²) in [6.07, 6.45) is 5.63. The molecule has 2 aromatic rings. The topological polar surface area (TPSA) is 79.5 Å². The molecule has 0 radical (unpaired) electrons. The van der Waals surface area contributed by atoms with Gasteiger partial charge in [-0.15, -0.1) is 0 Å². The van der Waals surface area contributed by atoms with Crippen molar-refractivity contribution in [3.8, 4) is 5.75 Å². The van der Waals surface area contributed by atoms with Crippen LogP contribution in [0.2, 0.25) is 0 Å². The average Bonchev–Trinajstić information content (AvgIpc) is 2.74. The third-order valence-electron chi connectivity index (χ3n) is 4.96. The molecular formula is C22H24IN3O3S. The van der Waals surface area contributed by atoms with Crippen molar-refractivity contribution >= 4 is 57.4 Å². The van der Waals surface area contributed by atoms with Crippen LogP contribution in [-0.2, 0) is 0 Å². The number of methoxy groups -OCH3 is 1. The SMILES string of the molecule is COc1ccc(C(=O)NC(=S)Nc2cccc(C(=O)NC3CCCCC3)c2)cc1I. The molecule has 0 heterocycles. The molecule has 2 amide bonds. The van der Waals surface area contributed by atoms with Crippen molar-refractivity contribution in [1.82, 2.24) is 10.6 Å². The van der Waals surface area contributed by atoms with Crippen LogP contribution in [-0.4, -0.2) is 30.1 Å². The smallest absolute Gasteiger partial charge is 0.257 e. The molecule has 1 aliphatic rings. The third-order valence-corrected chi connectivity index (χ3v) is 6.01. The number of halogens is 1. The molecule has 158 valence electrons. The Labute approximate surface area is 195 Å². The quantitative estimate of drug-likeness (QED) is 0.387. The molecule has 0 atom stereocenters. The molecule has 0 bridgehead atoms. The molecule has 1 saturated carbocycles. The lowest BCUT2D eigenvalue weighted by molar-refractivity contribution is 0.0926. The predicted molar refractivity (Wildman–Crippen MR) is 130 cm³/mol. The van der Waals surface area contributed by atoms with Crippen molar-refractivity contribution in [2.45, 2.75) is 38.1 Å². The summed E-state index contributed by atoms with van der Waals surface area (Å²) in [5, 5.41) is 8.90. The highest BCUT2D eigenvalue weighted by Crippen LogP contribution is 2.22. The summed E-state index contributed by atoms with van der Waals surface area (Å²) in [6.45, 7) is 0. The highest BCUT2D eigenvalue weighted by Gasteiger charge is 2.17. The molecule has 3 rings (SSSR count). The normalized spacial score (nSPS) is 13.9. The molecule has 6 nitrogen and oxygen atoms in total. The summed E-state index contributed by atoms with van der Waals surface area (Å²) in [6, 6.07) is 12.5. The highest BCUT2D eigenvalue weighted by molar-refractivity contribution is 14.1. The number of rotatable bonds is 5. The van der Waals surface area contributed by atoms with E-state index in [-0.39, 0.29) is 23.0 Å². The number of amides is 2. The predicted octanol–water partition coefficient (Wildman–Crippen LogP) is 4.49. The van der Waals surface area contributed by atoms with Gasteiger partial charge in [0.2, 0.25) is 0 Å². The highest BCUT2D eigenvalue weighted by atomic mass is 127. The van der Waals surface area contributed by atoms with Crippen LogP contribution < -0.4 is 20.7 Å². The van der Waals surface area contributed by atoms with Crippen molar-refractivity contribution in [1.29, 1.82) is 0 Å². The van der Waals surface area contributed by atoms with E-state index in [1.807, 2.05) is 0 Å². The first-order valence-corrected chi connectivity index (χ1v) is 11.3. The molecule has 1 aliphatic carbocycles. The second kappa shape index (κ2) is 10.7. The monoisotopic (exact) mass is 537 g/mol. The number of hydrogen-bond acceptors (Lipinski definition) is 4. The maximum Gasteiger partial charge on any atom is 0.257 e. The molecule has 2 aromatic carbocycles. The first kappa shape index (κ1) is 22.5. The van der Waals surface area contributed by atoms with E-state index in [2.05, 4.69) is 38.5 Å². The Balaban J connectivity index is 1.58. The lowest BCUT2D eigenvalue weighted by atomic mass is 9.95. The number of ether oxygens (including phenoxy) is 1. The fourth-order valence-corrected chi connectivity index (χ4v) is 4.35. The molecule has 1 fully saturated rings. The number of hydrogen-bond donors (Lipinski definition) is 3. The van der Waals surface area contributed by atoms with Crippen LogP contribution in [0.3, 0.4) is 0 Å². The van der Waals surface area contributed by atoms with Gasteiger partial charge in [0, 0.05) is 22.9 Å². The van der Waals surface area contributed by atoms with E-state index in [1.165, 1.54) is 6.42 Å². The Bertz CT molecular complexity index is 945. The van der Waals surface area contributed by atoms with Crippen LogP contribution in [0, 0.1) is 3.57 Å². The van der Waals surface area contributed by atoms with Gasteiger partial charge < -0.3 is 15.4 Å². The van der Waals surface area contributed by atoms with Gasteiger partial charge in [0.25, 0.3) is 11.8 Å². The van der Waals surface area contributed by atoms with Gasteiger partial charge in [-0.1, -0.05) is 25.3 Å². The lowest BCUT2D eigenvalue weighted by Crippen LogP contribution is -2.36. The van der Waals surface area contributed by atoms with Gasteiger partial charge in [0.1, 0.15) is 5.75 Å². The van der Waals surface area contributed by atoms with E-state index in [4.69, 9.17) is 17.0 Å². The van der Waals surface area contributed by atoms with Crippen molar-refractivity contribution in [2.75, 3.05) is 12.4 Å². The largest absolute Gasteiger partial charge is 0.496 e. The number of carbonyl (C=O) groups is 2. The molecule has 8 heteroatoms. The van der Waals surface area contributed by atoms with Gasteiger partial charge in [0.05, 0.1) is 10.7 Å². The molecule has 3 N–H and O–H groups in total. The minimum Gasteiger partial charge on any atom is -0.496 e. The zero-order valence-electron chi connectivity index (χ0n) is 16.7. The van der Waals surface area contributed by atoms with Crippen LogP contribution >= 0.6 is 34.8 Å². The number of nitrogens with one attached hydrogen (secondary N) is 3. The summed E-state index contributed by atoms with van der Waals surface area (Å²) in [5.41, 5.74) is 1.68. The van der Waals surface area contributed by atoms with Crippen molar-refractivity contribution in [3.63, 3.8) is 0 Å². The fraction of sp³-hybridized carbons (Fsp3) is 0.318. The summed E-state index contributed by atoms with van der Waals surface area (Å²) < 4.78 is 6.04. The van der Waals surface area contributed by atoms with Gasteiger partial charge >= 0.3 is 0 Å². The van der Waals surface area contributed by atoms with Crippen LogP contribution in [0.4, 0.5) is 5.69 Å². The van der Waals surface area contributed by atoms with Crippen molar-refractivity contribution in [2.24, 2.45) is 0 Å². The molecule has 0 aliphatic heterocycles. The van der Waals surface area contributed by atoms with E-state index < -0.39 is 0 Å². The van der Waals surface area contributed by atoms with Crippen molar-refractivity contribution in [3.05, 3.63) is 57.2 Å². The van der Waals surface area contributed by atoms with E-state index in [9.17, 15) is 9.59 Å². The molecule has 0 unspecified atom stereocenters. The fourth-order valence-electron chi connectivity index (χ4n) is 3.40. The zero-order chi connectivity index (χ0) is 21.5. The number of benzene rings is 2. The summed E-state index contributed by atoms with van der Waals surface area (Å²) in [7, 11) is 1.58. The van der Waals surface area contributed by atoms with Crippen LogP contribution in [0.15, 0.2) is 42.5 Å². The first-order valence-electron chi connectivity index (χ1n) is 9.83. The molecular weight excluding hydrogens is 513 g/mol. The number of thiocarbonyl (C=S) groups is 1. The van der Waals surface area contributed by atoms with Gasteiger partial charge in [0.15, 0.2) is 5.11 Å². The summed E-state index contributed by atoms with van der Waals surface area (Å²) in [4.78, 5) is 25.0. The number of carbonyl (C=O) groups excluding carboxylic acids is 2. The van der Waals surface area contributed by atoms with E-state index in [1.54, 1.807) is 49.6 Å². The number of anilines is 1. The van der Waals surface area contributed by atoms with Gasteiger partial charge in [-0.05, 0) is 84.0 Å². The molecule has 0 spiro atoms. The minimum atomic E-state index is -0.320. The first-order chi connectivity index (χ1) is 14.5. The van der Waals surface area contributed by atoms with Crippen LogP contribution in [0.1, 0.15) is 52.8 Å². The molecule has 0 aromatic heterocycles. The Kier molecular flexibility index (Phi) is 8.03. The standard InChI is InChI=1S/C22H24IN3O3S/c1-29-19-11-10-15(13-18(19)23)21(28)26-22(30)25-17-9-5-6-14(12-17)20(27)24-16-7-3-2-4-8-16/h5-6,9-13,16H,2-4,7-8H2,1H3,(H,24,27)(H2,25,26,28,30). The second-order valence-electron chi connectivity index (χ2n) is 7.15. The third kappa shape index (κ3) is 6.15. The van der Waals surface area contributed by atoms with Gasteiger partial charge in [-0.3, -0.25) is 14.9 Å². The average molecular weight is 537 g/mol. The lowest BCUT2D eigenvalue weighted by Gasteiger charge is -2.22. The van der Waals surface area contributed by atoms with E-state index in [0.29, 0.717) is 22.6 Å². The van der Waals surface area contributed by atoms with Crippen LogP contribution in [0.25, 0.3) is 0 Å². The van der Waals surface area contributed by atoms with E-state index >= 15 is 0 Å². The minimum absolute atomic E-state index is 0.0895. The molecule has 0 saturated heterocycles. The van der Waals surface area contributed by atoms with Gasteiger partial charge in [-0.25, -0.2) is 0 Å². The Morgan fingerprint density at radius 3 is 2.47 bits per heavy atom. The second-order valence-corrected chi connectivity index (χ2v) is 8.72. The van der Waals surface area contributed by atoms with Gasteiger partial charge in [-0.2, -0.15) is 0 Å². The Hall–Kier alpha value is -2.20. The summed E-state index contributed by atoms with van der Waals surface area (Å²) in [5.74, 6) is 0.295. The maximum absolute atomic E-state index is 12.5. The zero-order valence-corrected chi connectivity index (χ0v) is 19.6. The van der Waals surface area contributed by atoms with E-state index in [0.717, 1.165) is 29.3 Å². The maximum atomic E-state index is 12.5. The summed E-state index contributed by atoms with van der Waals surface area (Å²) >= 11 is 7.37. The Morgan fingerprint density at radius 2 is 1.77 bits per heavy atom. The van der Waals surface area contributed by atoms with Crippen LogP contribution in [0.5, 0.6) is 5.75 Å². The molecule has 30 heavy (non-hydrogen) atoms. The Morgan fingerprint density at radius 1 is 1.03 bits per heavy atom.